The first-order chi connectivity index (χ1) is 10.8. The van der Waals surface area contributed by atoms with Crippen LogP contribution in [0, 0.1) is 11.3 Å². The average Bonchev–Trinajstić information content (AvgIpc) is 2.52. The highest BCUT2D eigenvalue weighted by Gasteiger charge is 2.58. The van der Waals surface area contributed by atoms with Crippen LogP contribution in [-0.2, 0) is 4.74 Å². The minimum absolute atomic E-state index is 0. The van der Waals surface area contributed by atoms with Crippen LogP contribution >= 0.6 is 24.0 Å². The Balaban J connectivity index is 0.00000529. The van der Waals surface area contributed by atoms with Gasteiger partial charge in [0, 0.05) is 38.3 Å². The molecule has 0 spiro atoms. The fourth-order valence-corrected chi connectivity index (χ4v) is 3.35. The number of halogens is 1. The monoisotopic (exact) mass is 455 g/mol. The van der Waals surface area contributed by atoms with Crippen LogP contribution in [0.4, 0.5) is 0 Å². The molecule has 1 rings (SSSR count). The maximum Gasteiger partial charge on any atom is 0.191 e. The molecular weight excluding hydrogens is 417 g/mol. The van der Waals surface area contributed by atoms with Gasteiger partial charge >= 0.3 is 0 Å². The van der Waals surface area contributed by atoms with Crippen LogP contribution in [0.25, 0.3) is 0 Å². The van der Waals surface area contributed by atoms with Crippen molar-refractivity contribution in [3.05, 3.63) is 0 Å². The lowest BCUT2D eigenvalue weighted by Crippen LogP contribution is -2.69. The summed E-state index contributed by atoms with van der Waals surface area (Å²) in [6.45, 7) is 12.8. The van der Waals surface area contributed by atoms with Crippen molar-refractivity contribution in [2.45, 2.75) is 71.9 Å². The van der Waals surface area contributed by atoms with Crippen LogP contribution in [0.15, 0.2) is 4.99 Å². The summed E-state index contributed by atoms with van der Waals surface area (Å²) in [6, 6.07) is 0.354. The molecular formula is C18H38IN3O2. The molecule has 5 nitrogen and oxygen atoms in total. The van der Waals surface area contributed by atoms with Crippen LogP contribution in [0.5, 0.6) is 0 Å². The summed E-state index contributed by atoms with van der Waals surface area (Å²) in [5, 5.41) is 16.1. The summed E-state index contributed by atoms with van der Waals surface area (Å²) < 4.78 is 5.69. The summed E-state index contributed by atoms with van der Waals surface area (Å²) in [7, 11) is 1.79. The van der Waals surface area contributed by atoms with E-state index < -0.39 is 0 Å². The number of hydrogen-bond acceptors (Lipinski definition) is 3. The van der Waals surface area contributed by atoms with Crippen molar-refractivity contribution in [1.82, 2.24) is 10.6 Å². The molecule has 0 bridgehead atoms. The Kier molecular flexibility index (Phi) is 10.8. The second-order valence-corrected chi connectivity index (χ2v) is 7.44. The maximum atomic E-state index is 9.18. The van der Waals surface area contributed by atoms with Crippen molar-refractivity contribution in [1.29, 1.82) is 0 Å². The molecule has 0 aromatic heterocycles. The molecule has 0 amide bonds. The van der Waals surface area contributed by atoms with Crippen molar-refractivity contribution < 1.29 is 9.84 Å². The van der Waals surface area contributed by atoms with Gasteiger partial charge in [0.15, 0.2) is 5.96 Å². The topological polar surface area (TPSA) is 65.9 Å². The molecule has 3 unspecified atom stereocenters. The van der Waals surface area contributed by atoms with E-state index in [9.17, 15) is 5.11 Å². The normalized spacial score (nSPS) is 27.0. The van der Waals surface area contributed by atoms with Crippen LogP contribution in [0.3, 0.4) is 0 Å². The molecule has 0 saturated heterocycles. The van der Waals surface area contributed by atoms with Gasteiger partial charge in [0.1, 0.15) is 0 Å². The minimum atomic E-state index is -0.0797. The number of aliphatic hydroxyl groups excluding tert-OH is 1. The van der Waals surface area contributed by atoms with E-state index in [4.69, 9.17) is 9.73 Å². The van der Waals surface area contributed by atoms with Gasteiger partial charge < -0.3 is 20.5 Å². The first-order valence-electron chi connectivity index (χ1n) is 9.05. The van der Waals surface area contributed by atoms with Gasteiger partial charge in [0.25, 0.3) is 0 Å². The standard InChI is InChI=1S/C18H37N3O2.HI/c1-7-9-14(10-11-22)13-20-16(19-8-2)21-15-12-18(5,23-6)17(15,3)4;/h14-15,22H,7-13H2,1-6H3,(H2,19,20,21);1H. The average molecular weight is 455 g/mol. The SMILES string of the molecule is CCCC(CCO)CN=C(NCC)NC1CC(C)(OC)C1(C)C.I. The molecule has 0 aliphatic heterocycles. The number of rotatable bonds is 9. The van der Waals surface area contributed by atoms with Crippen molar-refractivity contribution >= 4 is 29.9 Å². The Hall–Kier alpha value is -0.0800. The molecule has 0 radical (unpaired) electrons. The highest BCUT2D eigenvalue weighted by atomic mass is 127. The summed E-state index contributed by atoms with van der Waals surface area (Å²) in [6.07, 6.45) is 4.05. The van der Waals surface area contributed by atoms with E-state index in [1.807, 2.05) is 0 Å². The molecule has 0 heterocycles. The summed E-state index contributed by atoms with van der Waals surface area (Å²) in [4.78, 5) is 4.75. The molecule has 3 atom stereocenters. The molecule has 3 N–H and O–H groups in total. The fourth-order valence-electron chi connectivity index (χ4n) is 3.35. The van der Waals surface area contributed by atoms with Gasteiger partial charge in [-0.2, -0.15) is 0 Å². The zero-order chi connectivity index (χ0) is 17.5. The van der Waals surface area contributed by atoms with E-state index in [0.717, 1.165) is 44.7 Å². The van der Waals surface area contributed by atoms with Crippen molar-refractivity contribution in [2.24, 2.45) is 16.3 Å². The smallest absolute Gasteiger partial charge is 0.191 e. The van der Waals surface area contributed by atoms with E-state index in [-0.39, 0.29) is 41.6 Å². The molecule has 24 heavy (non-hydrogen) atoms. The summed E-state index contributed by atoms with van der Waals surface area (Å²) >= 11 is 0. The van der Waals surface area contributed by atoms with Crippen LogP contribution in [0.2, 0.25) is 0 Å². The van der Waals surface area contributed by atoms with Crippen molar-refractivity contribution in [3.63, 3.8) is 0 Å². The Bertz CT molecular complexity index is 384. The van der Waals surface area contributed by atoms with Crippen LogP contribution < -0.4 is 10.6 Å². The highest BCUT2D eigenvalue weighted by molar-refractivity contribution is 14.0. The number of nitrogens with one attached hydrogen (secondary N) is 2. The first-order valence-corrected chi connectivity index (χ1v) is 9.05. The van der Waals surface area contributed by atoms with Gasteiger partial charge in [-0.3, -0.25) is 4.99 Å². The molecule has 1 aliphatic rings. The lowest BCUT2D eigenvalue weighted by atomic mass is 9.56. The van der Waals surface area contributed by atoms with Crippen molar-refractivity contribution in [3.8, 4) is 0 Å². The Morgan fingerprint density at radius 1 is 1.29 bits per heavy atom. The molecule has 144 valence electrons. The van der Waals surface area contributed by atoms with Crippen molar-refractivity contribution in [2.75, 3.05) is 26.8 Å². The summed E-state index contributed by atoms with van der Waals surface area (Å²) in [5.41, 5.74) is -0.0184. The number of guanidine groups is 1. The number of hydrogen-bond donors (Lipinski definition) is 3. The molecule has 1 aliphatic carbocycles. The number of ether oxygens (including phenoxy) is 1. The maximum absolute atomic E-state index is 9.18. The third kappa shape index (κ3) is 5.73. The lowest BCUT2D eigenvalue weighted by molar-refractivity contribution is -0.176. The number of nitrogens with zero attached hydrogens (tertiary/aromatic N) is 1. The predicted molar refractivity (Wildman–Crippen MR) is 112 cm³/mol. The molecule has 0 aromatic rings. The third-order valence-corrected chi connectivity index (χ3v) is 5.68. The van der Waals surface area contributed by atoms with E-state index in [1.54, 1.807) is 7.11 Å². The van der Waals surface area contributed by atoms with Gasteiger partial charge in [-0.05, 0) is 39.0 Å². The van der Waals surface area contributed by atoms with E-state index in [2.05, 4.69) is 45.3 Å². The molecule has 1 fully saturated rings. The van der Waals surface area contributed by atoms with Gasteiger partial charge in [0.05, 0.1) is 5.60 Å². The molecule has 0 aromatic carbocycles. The fraction of sp³-hybridized carbons (Fsp3) is 0.944. The zero-order valence-electron chi connectivity index (χ0n) is 16.3. The van der Waals surface area contributed by atoms with Gasteiger partial charge in [-0.25, -0.2) is 0 Å². The number of aliphatic hydroxyl groups is 1. The second-order valence-electron chi connectivity index (χ2n) is 7.44. The van der Waals surface area contributed by atoms with E-state index >= 15 is 0 Å². The first kappa shape index (κ1) is 23.9. The van der Waals surface area contributed by atoms with Crippen LogP contribution in [0.1, 0.15) is 60.3 Å². The van der Waals surface area contributed by atoms with Gasteiger partial charge in [-0.15, -0.1) is 24.0 Å². The minimum Gasteiger partial charge on any atom is -0.396 e. The third-order valence-electron chi connectivity index (χ3n) is 5.68. The highest BCUT2D eigenvalue weighted by Crippen LogP contribution is 2.51. The van der Waals surface area contributed by atoms with Gasteiger partial charge in [-0.1, -0.05) is 27.2 Å². The zero-order valence-corrected chi connectivity index (χ0v) is 18.6. The van der Waals surface area contributed by atoms with Gasteiger partial charge in [0.2, 0.25) is 0 Å². The lowest BCUT2D eigenvalue weighted by Gasteiger charge is -2.59. The predicted octanol–water partition coefficient (Wildman–Crippen LogP) is 3.16. The summed E-state index contributed by atoms with van der Waals surface area (Å²) in [5.74, 6) is 1.34. The Morgan fingerprint density at radius 3 is 2.42 bits per heavy atom. The Morgan fingerprint density at radius 2 is 1.96 bits per heavy atom. The van der Waals surface area contributed by atoms with E-state index in [0.29, 0.717) is 12.0 Å². The second kappa shape index (κ2) is 10.8. The molecule has 1 saturated carbocycles. The van der Waals surface area contributed by atoms with Crippen LogP contribution in [-0.4, -0.2) is 49.5 Å². The Labute approximate surface area is 165 Å². The van der Waals surface area contributed by atoms with E-state index in [1.165, 1.54) is 0 Å². The molecule has 6 heteroatoms. The number of methoxy groups -OCH3 is 1. The quantitative estimate of drug-likeness (QED) is 0.284. The number of aliphatic imine (C=N–C) groups is 1. The largest absolute Gasteiger partial charge is 0.396 e.